The highest BCUT2D eigenvalue weighted by molar-refractivity contribution is 7.79. The predicted octanol–water partition coefficient (Wildman–Crippen LogP) is 3.56. The van der Waals surface area contributed by atoms with Crippen LogP contribution in [0, 0.1) is 5.82 Å². The molecule has 1 aromatic heterocycles. The number of ether oxygens (including phenoxy) is 1. The van der Waals surface area contributed by atoms with Crippen LogP contribution in [0.5, 0.6) is 0 Å². The van der Waals surface area contributed by atoms with Crippen LogP contribution in [0.3, 0.4) is 0 Å². The maximum atomic E-state index is 14.9. The summed E-state index contributed by atoms with van der Waals surface area (Å²) in [5, 5.41) is 11.2. The zero-order valence-electron chi connectivity index (χ0n) is 16.4. The average Bonchev–Trinajstić information content (AvgIpc) is 3.36. The fourth-order valence-corrected chi connectivity index (χ4v) is 4.16. The molecule has 2 fully saturated rings. The van der Waals surface area contributed by atoms with Gasteiger partial charge in [-0.3, -0.25) is 9.80 Å². The summed E-state index contributed by atoms with van der Waals surface area (Å²) in [6.45, 7) is 3.00. The number of aliphatic hydroxyl groups excluding tert-OH is 1. The molecule has 1 aromatic carbocycles. The Balaban J connectivity index is 1.35. The molecule has 0 aliphatic carbocycles. The number of hydrogen-bond donors (Lipinski definition) is 2. The van der Waals surface area contributed by atoms with Crippen molar-refractivity contribution in [2.45, 2.75) is 31.4 Å². The number of benzene rings is 1. The molecule has 2 aromatic rings. The first-order valence-electron chi connectivity index (χ1n) is 9.98. The SMILES string of the molecule is O=C1OC(CNC(O)=S)CN1c1ccc(C2CCN(Cc3ccco3)CC2)c(F)c1. The Morgan fingerprint density at radius 2 is 2.10 bits per heavy atom. The number of amides is 1. The summed E-state index contributed by atoms with van der Waals surface area (Å²) >= 11 is 4.54. The summed E-state index contributed by atoms with van der Waals surface area (Å²) in [7, 11) is 0. The third kappa shape index (κ3) is 4.73. The molecular formula is C21H24FN3O4S. The Labute approximate surface area is 179 Å². The second-order valence-corrected chi connectivity index (χ2v) is 8.02. The van der Waals surface area contributed by atoms with E-state index in [0.717, 1.165) is 38.2 Å². The Kier molecular flexibility index (Phi) is 6.19. The van der Waals surface area contributed by atoms with Crippen LogP contribution in [0.25, 0.3) is 0 Å². The smallest absolute Gasteiger partial charge is 0.414 e. The molecule has 2 saturated heterocycles. The number of nitrogens with zero attached hydrogens (tertiary/aromatic N) is 2. The zero-order chi connectivity index (χ0) is 21.1. The topological polar surface area (TPSA) is 78.2 Å². The molecule has 0 spiro atoms. The molecule has 160 valence electrons. The van der Waals surface area contributed by atoms with E-state index in [-0.39, 0.29) is 30.0 Å². The minimum absolute atomic E-state index is 0.153. The van der Waals surface area contributed by atoms with Crippen LogP contribution in [-0.4, -0.2) is 53.6 Å². The third-order valence-corrected chi connectivity index (χ3v) is 5.78. The van der Waals surface area contributed by atoms with Crippen LogP contribution in [0.4, 0.5) is 14.9 Å². The minimum atomic E-state index is -0.538. The molecule has 2 aliphatic heterocycles. The molecule has 2 N–H and O–H groups in total. The molecule has 2 aliphatic rings. The number of hydrogen-bond acceptors (Lipinski definition) is 5. The van der Waals surface area contributed by atoms with E-state index in [0.29, 0.717) is 11.3 Å². The summed E-state index contributed by atoms with van der Waals surface area (Å²) < 4.78 is 25.5. The number of carbonyl (C=O) groups excluding carboxylic acids is 1. The van der Waals surface area contributed by atoms with Gasteiger partial charge < -0.3 is 19.6 Å². The summed E-state index contributed by atoms with van der Waals surface area (Å²) in [6.07, 6.45) is 2.41. The number of carbonyl (C=O) groups is 1. The highest BCUT2D eigenvalue weighted by atomic mass is 32.1. The molecule has 7 nitrogen and oxygen atoms in total. The summed E-state index contributed by atoms with van der Waals surface area (Å²) in [4.78, 5) is 15.8. The van der Waals surface area contributed by atoms with Crippen LogP contribution in [0.1, 0.15) is 30.1 Å². The van der Waals surface area contributed by atoms with Gasteiger partial charge in [-0.25, -0.2) is 9.18 Å². The maximum absolute atomic E-state index is 14.9. The molecule has 0 saturated carbocycles. The van der Waals surface area contributed by atoms with Crippen molar-refractivity contribution in [2.24, 2.45) is 0 Å². The molecule has 3 heterocycles. The second kappa shape index (κ2) is 9.01. The Morgan fingerprint density at radius 3 is 2.77 bits per heavy atom. The van der Waals surface area contributed by atoms with Crippen molar-refractivity contribution in [1.29, 1.82) is 0 Å². The van der Waals surface area contributed by atoms with E-state index in [4.69, 9.17) is 14.3 Å². The molecule has 0 bridgehead atoms. The molecule has 1 unspecified atom stereocenters. The number of cyclic esters (lactones) is 1. The molecule has 4 rings (SSSR count). The van der Waals surface area contributed by atoms with Gasteiger partial charge in [0.2, 0.25) is 0 Å². The van der Waals surface area contributed by atoms with Crippen molar-refractivity contribution in [3.63, 3.8) is 0 Å². The molecule has 1 atom stereocenters. The average molecular weight is 434 g/mol. The van der Waals surface area contributed by atoms with Crippen molar-refractivity contribution >= 4 is 29.2 Å². The monoisotopic (exact) mass is 433 g/mol. The Bertz CT molecular complexity index is 900. The molecule has 30 heavy (non-hydrogen) atoms. The second-order valence-electron chi connectivity index (χ2n) is 7.64. The van der Waals surface area contributed by atoms with Gasteiger partial charge in [-0.2, -0.15) is 0 Å². The zero-order valence-corrected chi connectivity index (χ0v) is 17.2. The standard InChI is InChI=1S/C21H24FN3O4S/c22-19-10-15(25-13-17(29-21(25)27)11-23-20(26)30)3-4-18(19)14-5-7-24(8-6-14)12-16-2-1-9-28-16/h1-4,9-10,14,17H,5-8,11-13H2,(H2,23,26,30). The first kappa shape index (κ1) is 20.6. The fourth-order valence-electron chi connectivity index (χ4n) is 4.08. The number of furan rings is 1. The van der Waals surface area contributed by atoms with Gasteiger partial charge in [0.1, 0.15) is 17.7 Å². The summed E-state index contributed by atoms with van der Waals surface area (Å²) in [5.41, 5.74) is 1.15. The van der Waals surface area contributed by atoms with E-state index in [1.807, 2.05) is 12.1 Å². The normalized spacial score (nSPS) is 20.4. The number of likely N-dealkylation sites (tertiary alicyclic amines) is 1. The van der Waals surface area contributed by atoms with E-state index < -0.39 is 12.2 Å². The van der Waals surface area contributed by atoms with Gasteiger partial charge in [0.15, 0.2) is 0 Å². The lowest BCUT2D eigenvalue weighted by Gasteiger charge is -2.31. The lowest BCUT2D eigenvalue weighted by molar-refractivity contribution is 0.142. The Hall–Kier alpha value is -2.65. The fraction of sp³-hybridized carbons (Fsp3) is 0.429. The quantitative estimate of drug-likeness (QED) is 0.675. The maximum Gasteiger partial charge on any atom is 0.414 e. The van der Waals surface area contributed by atoms with Gasteiger partial charge in [-0.05, 0) is 73.9 Å². The third-order valence-electron chi connectivity index (χ3n) is 5.64. The predicted molar refractivity (Wildman–Crippen MR) is 113 cm³/mol. The summed E-state index contributed by atoms with van der Waals surface area (Å²) in [6, 6.07) is 8.79. The van der Waals surface area contributed by atoms with Crippen LogP contribution < -0.4 is 10.2 Å². The van der Waals surface area contributed by atoms with Crippen LogP contribution in [-0.2, 0) is 11.3 Å². The lowest BCUT2D eigenvalue weighted by atomic mass is 9.89. The highest BCUT2D eigenvalue weighted by Crippen LogP contribution is 2.33. The van der Waals surface area contributed by atoms with Gasteiger partial charge >= 0.3 is 6.09 Å². The molecular weight excluding hydrogens is 409 g/mol. The van der Waals surface area contributed by atoms with Gasteiger partial charge in [-0.15, -0.1) is 0 Å². The van der Waals surface area contributed by atoms with Crippen LogP contribution in [0.15, 0.2) is 41.0 Å². The molecule has 9 heteroatoms. The van der Waals surface area contributed by atoms with Gasteiger partial charge in [0.25, 0.3) is 5.17 Å². The molecule has 1 amide bonds. The van der Waals surface area contributed by atoms with E-state index in [9.17, 15) is 9.18 Å². The van der Waals surface area contributed by atoms with Gasteiger partial charge in [0.05, 0.1) is 31.6 Å². The van der Waals surface area contributed by atoms with Crippen molar-refractivity contribution < 1.29 is 23.4 Å². The van der Waals surface area contributed by atoms with Crippen LogP contribution in [0.2, 0.25) is 0 Å². The first-order chi connectivity index (χ1) is 14.5. The highest BCUT2D eigenvalue weighted by Gasteiger charge is 2.33. The van der Waals surface area contributed by atoms with Crippen molar-refractivity contribution in [2.75, 3.05) is 31.1 Å². The first-order valence-corrected chi connectivity index (χ1v) is 10.4. The van der Waals surface area contributed by atoms with Crippen molar-refractivity contribution in [3.05, 3.63) is 53.7 Å². The number of piperidine rings is 1. The van der Waals surface area contributed by atoms with Gasteiger partial charge in [0, 0.05) is 0 Å². The largest absolute Gasteiger partial charge is 0.487 e. The minimum Gasteiger partial charge on any atom is -0.487 e. The summed E-state index contributed by atoms with van der Waals surface area (Å²) in [5.74, 6) is 0.790. The Morgan fingerprint density at radius 1 is 1.30 bits per heavy atom. The number of aliphatic hydroxyl groups is 1. The molecule has 0 radical (unpaired) electrons. The number of anilines is 1. The number of rotatable bonds is 6. The van der Waals surface area contributed by atoms with E-state index in [2.05, 4.69) is 22.4 Å². The lowest BCUT2D eigenvalue weighted by Crippen LogP contribution is -2.33. The van der Waals surface area contributed by atoms with E-state index in [1.165, 1.54) is 11.0 Å². The number of thiocarbonyl (C=S) groups is 1. The number of nitrogens with one attached hydrogen (secondary N) is 1. The van der Waals surface area contributed by atoms with Gasteiger partial charge in [-0.1, -0.05) is 6.07 Å². The number of halogens is 1. The van der Waals surface area contributed by atoms with E-state index >= 15 is 0 Å². The van der Waals surface area contributed by atoms with E-state index in [1.54, 1.807) is 18.4 Å². The van der Waals surface area contributed by atoms with Crippen molar-refractivity contribution in [3.8, 4) is 0 Å². The van der Waals surface area contributed by atoms with Crippen molar-refractivity contribution in [1.82, 2.24) is 10.2 Å². The van der Waals surface area contributed by atoms with Crippen LogP contribution >= 0.6 is 12.2 Å².